The van der Waals surface area contributed by atoms with Crippen LogP contribution in [-0.4, -0.2) is 41.8 Å². The second kappa shape index (κ2) is 8.48. The molecule has 1 amide bonds. The van der Waals surface area contributed by atoms with Gasteiger partial charge in [-0.15, -0.1) is 0 Å². The number of likely N-dealkylation sites (tertiary alicyclic amines) is 1. The fourth-order valence-corrected chi connectivity index (χ4v) is 3.91. The third-order valence-corrected chi connectivity index (χ3v) is 5.47. The van der Waals surface area contributed by atoms with Gasteiger partial charge in [-0.3, -0.25) is 24.3 Å². The maximum Gasteiger partial charge on any atom is 0.307 e. The number of rotatable bonds is 5. The summed E-state index contributed by atoms with van der Waals surface area (Å²) in [7, 11) is 1.89. The van der Waals surface area contributed by atoms with Gasteiger partial charge in [-0.25, -0.2) is 0 Å². The summed E-state index contributed by atoms with van der Waals surface area (Å²) in [5.74, 6) is 0.00818. The highest BCUT2D eigenvalue weighted by molar-refractivity contribution is 5.94. The Morgan fingerprint density at radius 2 is 2.00 bits per heavy atom. The molecule has 4 rings (SSSR count). The van der Waals surface area contributed by atoms with E-state index >= 15 is 0 Å². The second-order valence-corrected chi connectivity index (χ2v) is 7.63. The molecule has 1 aliphatic heterocycles. The molecule has 0 saturated carbocycles. The summed E-state index contributed by atoms with van der Waals surface area (Å²) in [5, 5.41) is 19.3. The van der Waals surface area contributed by atoms with Crippen LogP contribution in [0.15, 0.2) is 48.9 Å². The first-order valence-corrected chi connectivity index (χ1v) is 10.1. The minimum atomic E-state index is -0.468. The molecule has 2 aromatic heterocycles. The number of hydrogen-bond donors (Lipinski definition) is 0. The molecule has 1 atom stereocenters. The van der Waals surface area contributed by atoms with Crippen LogP contribution in [0.2, 0.25) is 0 Å². The van der Waals surface area contributed by atoms with Crippen LogP contribution in [0.5, 0.6) is 0 Å². The molecule has 0 radical (unpaired) electrons. The van der Waals surface area contributed by atoms with Crippen molar-refractivity contribution in [3.63, 3.8) is 0 Å². The Morgan fingerprint density at radius 3 is 2.67 bits per heavy atom. The SMILES string of the molecule is Cn1ccc([C@@H]2CCCCCN2C(=O)c2ccc(Cn3cc([N+](=O)[O-])cn3)cc2)n1. The third-order valence-electron chi connectivity index (χ3n) is 5.47. The highest BCUT2D eigenvalue weighted by Gasteiger charge is 2.29. The smallest absolute Gasteiger partial charge is 0.307 e. The third kappa shape index (κ3) is 4.24. The number of nitro groups is 1. The second-order valence-electron chi connectivity index (χ2n) is 7.63. The van der Waals surface area contributed by atoms with Gasteiger partial charge in [0.2, 0.25) is 0 Å². The van der Waals surface area contributed by atoms with E-state index in [2.05, 4.69) is 10.2 Å². The summed E-state index contributed by atoms with van der Waals surface area (Å²) in [5.41, 5.74) is 2.45. The van der Waals surface area contributed by atoms with E-state index in [9.17, 15) is 14.9 Å². The molecular weight excluding hydrogens is 384 g/mol. The van der Waals surface area contributed by atoms with E-state index in [0.29, 0.717) is 12.1 Å². The first kappa shape index (κ1) is 19.8. The van der Waals surface area contributed by atoms with E-state index in [1.54, 1.807) is 4.68 Å². The number of hydrogen-bond acceptors (Lipinski definition) is 5. The number of carbonyl (C=O) groups is 1. The highest BCUT2D eigenvalue weighted by Crippen LogP contribution is 2.30. The van der Waals surface area contributed by atoms with Crippen LogP contribution in [0, 0.1) is 10.1 Å². The molecule has 1 fully saturated rings. The van der Waals surface area contributed by atoms with E-state index in [0.717, 1.165) is 43.5 Å². The van der Waals surface area contributed by atoms with Gasteiger partial charge in [0.15, 0.2) is 0 Å². The number of aryl methyl sites for hydroxylation is 1. The molecule has 0 N–H and O–H groups in total. The molecule has 0 unspecified atom stereocenters. The van der Waals surface area contributed by atoms with E-state index in [1.807, 2.05) is 48.5 Å². The Hall–Kier alpha value is -3.49. The average Bonchev–Trinajstić information content (AvgIpc) is 3.31. The lowest BCUT2D eigenvalue weighted by molar-refractivity contribution is -0.385. The molecule has 156 valence electrons. The molecule has 30 heavy (non-hydrogen) atoms. The molecule has 9 nitrogen and oxygen atoms in total. The normalized spacial score (nSPS) is 17.0. The Balaban J connectivity index is 1.50. The zero-order chi connectivity index (χ0) is 21.1. The first-order chi connectivity index (χ1) is 14.5. The lowest BCUT2D eigenvalue weighted by Gasteiger charge is -2.29. The fourth-order valence-electron chi connectivity index (χ4n) is 3.91. The summed E-state index contributed by atoms with van der Waals surface area (Å²) in [4.78, 5) is 25.6. The van der Waals surface area contributed by atoms with Crippen molar-refractivity contribution >= 4 is 11.6 Å². The maximum absolute atomic E-state index is 13.3. The Morgan fingerprint density at radius 1 is 1.20 bits per heavy atom. The maximum atomic E-state index is 13.3. The molecule has 9 heteroatoms. The predicted octanol–water partition coefficient (Wildman–Crippen LogP) is 3.33. The number of nitrogens with zero attached hydrogens (tertiary/aromatic N) is 6. The predicted molar refractivity (Wildman–Crippen MR) is 110 cm³/mol. The van der Waals surface area contributed by atoms with Gasteiger partial charge in [-0.2, -0.15) is 10.2 Å². The van der Waals surface area contributed by atoms with Crippen molar-refractivity contribution in [2.75, 3.05) is 6.54 Å². The van der Waals surface area contributed by atoms with Gasteiger partial charge >= 0.3 is 5.69 Å². The van der Waals surface area contributed by atoms with Crippen LogP contribution in [0.4, 0.5) is 5.69 Å². The van der Waals surface area contributed by atoms with E-state index in [4.69, 9.17) is 0 Å². The highest BCUT2D eigenvalue weighted by atomic mass is 16.6. The van der Waals surface area contributed by atoms with Crippen LogP contribution in [0.3, 0.4) is 0 Å². The quantitative estimate of drug-likeness (QED) is 0.476. The van der Waals surface area contributed by atoms with Crippen molar-refractivity contribution in [1.29, 1.82) is 0 Å². The molecule has 1 aromatic carbocycles. The number of amides is 1. The van der Waals surface area contributed by atoms with Gasteiger partial charge in [0, 0.05) is 25.4 Å². The van der Waals surface area contributed by atoms with Crippen molar-refractivity contribution in [1.82, 2.24) is 24.5 Å². The Kier molecular flexibility index (Phi) is 5.60. The molecule has 0 aliphatic carbocycles. The van der Waals surface area contributed by atoms with Crippen LogP contribution >= 0.6 is 0 Å². The summed E-state index contributed by atoms with van der Waals surface area (Å²) in [6, 6.07) is 9.35. The van der Waals surface area contributed by atoms with Gasteiger partial charge in [0.05, 0.1) is 23.2 Å². The van der Waals surface area contributed by atoms with Gasteiger partial charge < -0.3 is 4.90 Å². The lowest BCUT2D eigenvalue weighted by Crippen LogP contribution is -2.35. The number of benzene rings is 1. The zero-order valence-electron chi connectivity index (χ0n) is 16.8. The summed E-state index contributed by atoms with van der Waals surface area (Å²) < 4.78 is 3.29. The minimum Gasteiger partial charge on any atom is -0.330 e. The fraction of sp³-hybridized carbons (Fsp3) is 0.381. The van der Waals surface area contributed by atoms with Crippen molar-refractivity contribution in [2.45, 2.75) is 38.3 Å². The molecule has 1 saturated heterocycles. The van der Waals surface area contributed by atoms with E-state index < -0.39 is 4.92 Å². The summed E-state index contributed by atoms with van der Waals surface area (Å²) in [6.07, 6.45) is 8.65. The van der Waals surface area contributed by atoms with Crippen molar-refractivity contribution < 1.29 is 9.72 Å². The molecule has 3 aromatic rings. The summed E-state index contributed by atoms with van der Waals surface area (Å²) in [6.45, 7) is 1.13. The van der Waals surface area contributed by atoms with Crippen LogP contribution in [0.25, 0.3) is 0 Å². The zero-order valence-corrected chi connectivity index (χ0v) is 16.8. The van der Waals surface area contributed by atoms with Crippen molar-refractivity contribution in [2.24, 2.45) is 7.05 Å². The molecule has 0 spiro atoms. The van der Waals surface area contributed by atoms with Crippen LogP contribution < -0.4 is 0 Å². The number of carbonyl (C=O) groups excluding carboxylic acids is 1. The van der Waals surface area contributed by atoms with E-state index in [-0.39, 0.29) is 17.6 Å². The monoisotopic (exact) mass is 408 g/mol. The van der Waals surface area contributed by atoms with Crippen LogP contribution in [0.1, 0.15) is 53.3 Å². The van der Waals surface area contributed by atoms with Crippen molar-refractivity contribution in [3.05, 3.63) is 75.9 Å². The first-order valence-electron chi connectivity index (χ1n) is 10.1. The molecular formula is C21H24N6O3. The van der Waals surface area contributed by atoms with Gasteiger partial charge in [0.1, 0.15) is 12.4 Å². The standard InChI is InChI=1S/C21H24N6O3/c1-24-12-10-19(23-24)20-5-3-2-4-11-26(20)21(28)17-8-6-16(7-9-17)14-25-15-18(13-22-25)27(29)30/h6-10,12-13,15,20H,2-5,11,14H2,1H3/t20-/m0/s1. The lowest BCUT2D eigenvalue weighted by atomic mass is 10.0. The van der Waals surface area contributed by atoms with Crippen LogP contribution in [-0.2, 0) is 13.6 Å². The minimum absolute atomic E-state index is 0.00818. The Labute approximate surface area is 174 Å². The summed E-state index contributed by atoms with van der Waals surface area (Å²) >= 11 is 0. The largest absolute Gasteiger partial charge is 0.330 e. The van der Waals surface area contributed by atoms with Gasteiger partial charge in [-0.05, 0) is 36.6 Å². The number of aromatic nitrogens is 4. The van der Waals surface area contributed by atoms with Gasteiger partial charge in [-0.1, -0.05) is 25.0 Å². The van der Waals surface area contributed by atoms with E-state index in [1.165, 1.54) is 17.1 Å². The Bertz CT molecular complexity index is 1040. The average molecular weight is 408 g/mol. The molecule has 3 heterocycles. The topological polar surface area (TPSA) is 99.1 Å². The molecule has 0 bridgehead atoms. The molecule has 1 aliphatic rings. The van der Waals surface area contributed by atoms with Crippen molar-refractivity contribution in [3.8, 4) is 0 Å². The van der Waals surface area contributed by atoms with Gasteiger partial charge in [0.25, 0.3) is 5.91 Å².